The highest BCUT2D eigenvalue weighted by Crippen LogP contribution is 2.26. The van der Waals surface area contributed by atoms with Crippen LogP contribution in [0.1, 0.15) is 41.5 Å². The summed E-state index contributed by atoms with van der Waals surface area (Å²) in [5.74, 6) is 0. The topological polar surface area (TPSA) is 70.2 Å². The van der Waals surface area contributed by atoms with Crippen molar-refractivity contribution in [2.75, 3.05) is 10.6 Å². The normalized spacial score (nSPS) is 12.2. The van der Waals surface area contributed by atoms with Gasteiger partial charge in [0.15, 0.2) is 0 Å². The molecule has 0 heterocycles. The first-order chi connectivity index (χ1) is 9.61. The maximum absolute atomic E-state index is 12.5. The van der Waals surface area contributed by atoms with Gasteiger partial charge in [0, 0.05) is 23.8 Å². The van der Waals surface area contributed by atoms with E-state index in [-0.39, 0.29) is 23.0 Å². The lowest BCUT2D eigenvalue weighted by molar-refractivity contribution is 0.570. The second kappa shape index (κ2) is 7.13. The third-order valence-corrected chi connectivity index (χ3v) is 4.26. The van der Waals surface area contributed by atoms with Crippen LogP contribution >= 0.6 is 0 Å². The van der Waals surface area contributed by atoms with Crippen molar-refractivity contribution in [3.8, 4) is 0 Å². The predicted molar refractivity (Wildman–Crippen MR) is 89.4 cm³/mol. The Bertz CT molecular complexity index is 566. The molecule has 21 heavy (non-hydrogen) atoms. The summed E-state index contributed by atoms with van der Waals surface area (Å²) in [7, 11) is -3.55. The van der Waals surface area contributed by atoms with Crippen LogP contribution in [0.2, 0.25) is 0 Å². The highest BCUT2D eigenvalue weighted by atomic mass is 32.2. The van der Waals surface area contributed by atoms with E-state index in [1.807, 2.05) is 47.6 Å². The maximum Gasteiger partial charge on any atom is 0.242 e. The van der Waals surface area contributed by atoms with Gasteiger partial charge < -0.3 is 10.6 Å². The molecule has 0 radical (unpaired) electrons. The van der Waals surface area contributed by atoms with Gasteiger partial charge in [0.05, 0.1) is 5.69 Å². The Morgan fingerprint density at radius 3 is 1.90 bits per heavy atom. The molecule has 0 aliphatic rings. The quantitative estimate of drug-likeness (QED) is 0.724. The average molecular weight is 313 g/mol. The van der Waals surface area contributed by atoms with Crippen molar-refractivity contribution >= 4 is 21.4 Å². The van der Waals surface area contributed by atoms with E-state index >= 15 is 0 Å². The molecule has 6 heteroatoms. The van der Waals surface area contributed by atoms with Crippen molar-refractivity contribution in [2.24, 2.45) is 0 Å². The molecule has 1 rings (SSSR count). The van der Waals surface area contributed by atoms with E-state index in [0.717, 1.165) is 5.69 Å². The summed E-state index contributed by atoms with van der Waals surface area (Å²) in [6.07, 6.45) is 0. The molecule has 0 amide bonds. The van der Waals surface area contributed by atoms with Crippen LogP contribution in [0.4, 0.5) is 11.4 Å². The van der Waals surface area contributed by atoms with E-state index in [1.54, 1.807) is 12.1 Å². The minimum atomic E-state index is -3.55. The third-order valence-electron chi connectivity index (χ3n) is 2.56. The van der Waals surface area contributed by atoms with Crippen molar-refractivity contribution in [3.63, 3.8) is 0 Å². The molecule has 0 saturated heterocycles. The molecule has 3 N–H and O–H groups in total. The van der Waals surface area contributed by atoms with Crippen LogP contribution < -0.4 is 15.4 Å². The number of benzene rings is 1. The van der Waals surface area contributed by atoms with Crippen molar-refractivity contribution in [2.45, 2.75) is 64.6 Å². The lowest BCUT2D eigenvalue weighted by Crippen LogP contribution is -2.31. The fraction of sp³-hybridized carbons (Fsp3) is 0.600. The van der Waals surface area contributed by atoms with Crippen molar-refractivity contribution in [1.29, 1.82) is 0 Å². The van der Waals surface area contributed by atoms with Crippen LogP contribution in [-0.2, 0) is 10.0 Å². The molecule has 120 valence electrons. The van der Waals surface area contributed by atoms with Gasteiger partial charge in [-0.2, -0.15) is 0 Å². The molecule has 1 aromatic rings. The Balaban J connectivity index is 3.28. The van der Waals surface area contributed by atoms with Gasteiger partial charge in [-0.05, 0) is 59.7 Å². The first-order valence-corrected chi connectivity index (χ1v) is 8.79. The smallest absolute Gasteiger partial charge is 0.242 e. The zero-order valence-corrected chi connectivity index (χ0v) is 14.5. The summed E-state index contributed by atoms with van der Waals surface area (Å²) in [5, 5.41) is 6.42. The SMILES string of the molecule is CC(C)Nc1ccc(NC(C)C)c(S(=O)(=O)NC(C)C)c1. The minimum Gasteiger partial charge on any atom is -0.383 e. The standard InChI is InChI=1S/C15H27N3O2S/c1-10(2)16-13-7-8-14(17-11(3)4)15(9-13)21(19,20)18-12(5)6/h7-12,16-18H,1-6H3. The second-order valence-corrected chi connectivity index (χ2v) is 7.77. The van der Waals surface area contributed by atoms with E-state index in [4.69, 9.17) is 0 Å². The maximum atomic E-state index is 12.5. The molecular formula is C15H27N3O2S. The van der Waals surface area contributed by atoms with Gasteiger partial charge in [-0.15, -0.1) is 0 Å². The van der Waals surface area contributed by atoms with Crippen LogP contribution in [0.3, 0.4) is 0 Å². The lowest BCUT2D eigenvalue weighted by Gasteiger charge is -2.19. The first kappa shape index (κ1) is 17.8. The fourth-order valence-corrected chi connectivity index (χ4v) is 3.42. The average Bonchev–Trinajstić information content (AvgIpc) is 2.27. The summed E-state index contributed by atoms with van der Waals surface area (Å²) >= 11 is 0. The van der Waals surface area contributed by atoms with E-state index in [2.05, 4.69) is 15.4 Å². The van der Waals surface area contributed by atoms with E-state index in [9.17, 15) is 8.42 Å². The highest BCUT2D eigenvalue weighted by molar-refractivity contribution is 7.89. The van der Waals surface area contributed by atoms with Gasteiger partial charge in [-0.3, -0.25) is 0 Å². The monoisotopic (exact) mass is 313 g/mol. The van der Waals surface area contributed by atoms with E-state index in [0.29, 0.717) is 5.69 Å². The number of nitrogens with one attached hydrogen (secondary N) is 3. The van der Waals surface area contributed by atoms with Gasteiger partial charge in [-0.1, -0.05) is 0 Å². The molecule has 0 saturated carbocycles. The van der Waals surface area contributed by atoms with Crippen molar-refractivity contribution in [1.82, 2.24) is 4.72 Å². The Morgan fingerprint density at radius 2 is 1.43 bits per heavy atom. The zero-order valence-electron chi connectivity index (χ0n) is 13.7. The summed E-state index contributed by atoms with van der Waals surface area (Å²) in [6, 6.07) is 5.61. The van der Waals surface area contributed by atoms with Crippen LogP contribution in [0.25, 0.3) is 0 Å². The Kier molecular flexibility index (Phi) is 6.04. The van der Waals surface area contributed by atoms with Crippen LogP contribution in [0, 0.1) is 0 Å². The molecule has 0 atom stereocenters. The highest BCUT2D eigenvalue weighted by Gasteiger charge is 2.20. The van der Waals surface area contributed by atoms with E-state index in [1.165, 1.54) is 0 Å². The second-order valence-electron chi connectivity index (χ2n) is 6.09. The van der Waals surface area contributed by atoms with Gasteiger partial charge in [0.2, 0.25) is 10.0 Å². The van der Waals surface area contributed by atoms with Crippen molar-refractivity contribution < 1.29 is 8.42 Å². The van der Waals surface area contributed by atoms with Crippen LogP contribution in [0.15, 0.2) is 23.1 Å². The van der Waals surface area contributed by atoms with Gasteiger partial charge in [0.1, 0.15) is 4.90 Å². The molecule has 0 spiro atoms. The number of hydrogen-bond acceptors (Lipinski definition) is 4. The molecule has 0 aliphatic carbocycles. The summed E-state index contributed by atoms with van der Waals surface area (Å²) < 4.78 is 27.6. The Morgan fingerprint density at radius 1 is 0.857 bits per heavy atom. The number of sulfonamides is 1. The largest absolute Gasteiger partial charge is 0.383 e. The number of anilines is 2. The van der Waals surface area contributed by atoms with Crippen LogP contribution in [0.5, 0.6) is 0 Å². The zero-order chi connectivity index (χ0) is 16.2. The number of rotatable bonds is 7. The van der Waals surface area contributed by atoms with Crippen molar-refractivity contribution in [3.05, 3.63) is 18.2 Å². The number of hydrogen-bond donors (Lipinski definition) is 3. The molecule has 1 aromatic carbocycles. The molecule has 0 aromatic heterocycles. The molecule has 5 nitrogen and oxygen atoms in total. The third kappa shape index (κ3) is 5.55. The summed E-state index contributed by atoms with van der Waals surface area (Å²) in [4.78, 5) is 0.274. The lowest BCUT2D eigenvalue weighted by atomic mass is 10.2. The molecule has 0 fully saturated rings. The molecular weight excluding hydrogens is 286 g/mol. The Labute approximate surface area is 128 Å². The predicted octanol–water partition coefficient (Wildman–Crippen LogP) is 3.01. The Hall–Kier alpha value is -1.27. The van der Waals surface area contributed by atoms with Gasteiger partial charge in [-0.25, -0.2) is 13.1 Å². The van der Waals surface area contributed by atoms with Gasteiger partial charge in [0.25, 0.3) is 0 Å². The van der Waals surface area contributed by atoms with Gasteiger partial charge >= 0.3 is 0 Å². The minimum absolute atomic E-state index is 0.149. The fourth-order valence-electron chi connectivity index (χ4n) is 1.97. The first-order valence-electron chi connectivity index (χ1n) is 7.31. The summed E-state index contributed by atoms with van der Waals surface area (Å²) in [5.41, 5.74) is 1.41. The molecule has 0 bridgehead atoms. The molecule has 0 unspecified atom stereocenters. The van der Waals surface area contributed by atoms with E-state index < -0.39 is 10.0 Å². The summed E-state index contributed by atoms with van der Waals surface area (Å²) in [6.45, 7) is 11.6. The molecule has 0 aliphatic heterocycles. The van der Waals surface area contributed by atoms with Crippen LogP contribution in [-0.4, -0.2) is 26.5 Å².